The van der Waals surface area contributed by atoms with Crippen LogP contribution in [-0.2, 0) is 12.2 Å². The molecule has 0 saturated carbocycles. The second kappa shape index (κ2) is 7.08. The summed E-state index contributed by atoms with van der Waals surface area (Å²) in [5, 5.41) is 18.7. The lowest BCUT2D eigenvalue weighted by molar-refractivity contribution is 0.403. The van der Waals surface area contributed by atoms with Crippen LogP contribution >= 0.6 is 23.3 Å². The second-order valence-electron chi connectivity index (χ2n) is 4.07. The SMILES string of the molecule is CCc1nsc(SCc2ccc(OC)c(B(O)O)c2)n1. The van der Waals surface area contributed by atoms with E-state index in [0.29, 0.717) is 17.0 Å². The van der Waals surface area contributed by atoms with Crippen molar-refractivity contribution in [2.24, 2.45) is 0 Å². The molecule has 5 nitrogen and oxygen atoms in total. The molecule has 1 aromatic heterocycles. The highest BCUT2D eigenvalue weighted by Gasteiger charge is 2.17. The van der Waals surface area contributed by atoms with Crippen LogP contribution in [0.5, 0.6) is 5.75 Å². The van der Waals surface area contributed by atoms with Gasteiger partial charge in [0.1, 0.15) is 11.6 Å². The molecule has 1 aromatic carbocycles. The summed E-state index contributed by atoms with van der Waals surface area (Å²) in [6.07, 6.45) is 0.834. The number of hydrogen-bond donors (Lipinski definition) is 2. The Morgan fingerprint density at radius 1 is 1.40 bits per heavy atom. The van der Waals surface area contributed by atoms with E-state index in [0.717, 1.165) is 22.1 Å². The summed E-state index contributed by atoms with van der Waals surface area (Å²) in [5.41, 5.74) is 1.35. The summed E-state index contributed by atoms with van der Waals surface area (Å²) in [5.74, 6) is 2.03. The number of aromatic nitrogens is 2. The normalized spacial score (nSPS) is 10.6. The molecular weight excluding hydrogens is 295 g/mol. The zero-order chi connectivity index (χ0) is 14.5. The van der Waals surface area contributed by atoms with Crippen LogP contribution in [0.2, 0.25) is 0 Å². The average molecular weight is 310 g/mol. The molecule has 2 rings (SSSR count). The predicted molar refractivity (Wildman–Crippen MR) is 81.7 cm³/mol. The highest BCUT2D eigenvalue weighted by molar-refractivity contribution is 8.00. The van der Waals surface area contributed by atoms with E-state index in [9.17, 15) is 10.0 Å². The highest BCUT2D eigenvalue weighted by Crippen LogP contribution is 2.25. The standard InChI is InChI=1S/C12H15BN2O3S2/c1-3-11-14-12(20-15-11)19-7-8-4-5-10(18-2)9(6-8)13(16)17/h4-6,16-17H,3,7H2,1-2H3. The molecule has 0 aliphatic carbocycles. The van der Waals surface area contributed by atoms with Gasteiger partial charge >= 0.3 is 7.12 Å². The Morgan fingerprint density at radius 2 is 2.20 bits per heavy atom. The third kappa shape index (κ3) is 3.72. The van der Waals surface area contributed by atoms with Crippen LogP contribution in [0.25, 0.3) is 0 Å². The van der Waals surface area contributed by atoms with Gasteiger partial charge in [-0.2, -0.15) is 4.37 Å². The minimum Gasteiger partial charge on any atom is -0.497 e. The molecule has 0 bridgehead atoms. The quantitative estimate of drug-likeness (QED) is 0.614. The molecule has 20 heavy (non-hydrogen) atoms. The van der Waals surface area contributed by atoms with Crippen LogP contribution in [0.15, 0.2) is 22.5 Å². The number of hydrogen-bond acceptors (Lipinski definition) is 7. The van der Waals surface area contributed by atoms with Gasteiger partial charge in [-0.15, -0.1) is 0 Å². The Labute approximate surface area is 126 Å². The molecule has 0 radical (unpaired) electrons. The van der Waals surface area contributed by atoms with Crippen LogP contribution in [0.1, 0.15) is 18.3 Å². The lowest BCUT2D eigenvalue weighted by Gasteiger charge is -2.09. The van der Waals surface area contributed by atoms with Gasteiger partial charge in [0.25, 0.3) is 0 Å². The lowest BCUT2D eigenvalue weighted by Crippen LogP contribution is -2.31. The summed E-state index contributed by atoms with van der Waals surface area (Å²) in [7, 11) is -0.0356. The first-order chi connectivity index (χ1) is 9.63. The van der Waals surface area contributed by atoms with Gasteiger partial charge in [0.2, 0.25) is 0 Å². The van der Waals surface area contributed by atoms with Crippen LogP contribution in [-0.4, -0.2) is 33.6 Å². The number of benzene rings is 1. The topological polar surface area (TPSA) is 75.5 Å². The lowest BCUT2D eigenvalue weighted by atomic mass is 9.79. The van der Waals surface area contributed by atoms with E-state index >= 15 is 0 Å². The van der Waals surface area contributed by atoms with E-state index in [2.05, 4.69) is 9.36 Å². The molecule has 2 aromatic rings. The van der Waals surface area contributed by atoms with Crippen molar-refractivity contribution in [1.29, 1.82) is 0 Å². The van der Waals surface area contributed by atoms with Crippen LogP contribution in [0.4, 0.5) is 0 Å². The summed E-state index contributed by atoms with van der Waals surface area (Å²) in [6.45, 7) is 2.02. The number of ether oxygens (including phenoxy) is 1. The number of nitrogens with zero attached hydrogens (tertiary/aromatic N) is 2. The molecule has 0 aliphatic rings. The molecule has 0 aliphatic heterocycles. The predicted octanol–water partition coefficient (Wildman–Crippen LogP) is 1.08. The van der Waals surface area contributed by atoms with Gasteiger partial charge in [-0.05, 0) is 23.2 Å². The van der Waals surface area contributed by atoms with Gasteiger partial charge in [0.05, 0.1) is 7.11 Å². The third-order valence-corrected chi connectivity index (χ3v) is 4.64. The summed E-state index contributed by atoms with van der Waals surface area (Å²) in [6, 6.07) is 5.37. The average Bonchev–Trinajstić information content (AvgIpc) is 2.92. The second-order valence-corrected chi connectivity index (χ2v) is 6.04. The van der Waals surface area contributed by atoms with Crippen molar-refractivity contribution in [2.75, 3.05) is 7.11 Å². The van der Waals surface area contributed by atoms with Gasteiger partial charge < -0.3 is 14.8 Å². The maximum Gasteiger partial charge on any atom is 0.492 e. The van der Waals surface area contributed by atoms with E-state index in [1.807, 2.05) is 13.0 Å². The largest absolute Gasteiger partial charge is 0.497 e. The van der Waals surface area contributed by atoms with E-state index in [4.69, 9.17) is 4.74 Å². The Morgan fingerprint density at radius 3 is 2.80 bits per heavy atom. The van der Waals surface area contributed by atoms with Gasteiger partial charge in [0.15, 0.2) is 4.34 Å². The van der Waals surface area contributed by atoms with Crippen LogP contribution in [0.3, 0.4) is 0 Å². The van der Waals surface area contributed by atoms with E-state index in [1.54, 1.807) is 23.9 Å². The molecule has 0 unspecified atom stereocenters. The fourth-order valence-corrected chi connectivity index (χ4v) is 3.30. The molecule has 106 valence electrons. The first-order valence-corrected chi connectivity index (χ1v) is 7.88. The summed E-state index contributed by atoms with van der Waals surface area (Å²) < 4.78 is 10.2. The van der Waals surface area contributed by atoms with Crippen molar-refractivity contribution in [3.8, 4) is 5.75 Å². The maximum atomic E-state index is 9.33. The smallest absolute Gasteiger partial charge is 0.492 e. The number of aryl methyl sites for hydroxylation is 1. The van der Waals surface area contributed by atoms with Crippen molar-refractivity contribution < 1.29 is 14.8 Å². The Hall–Kier alpha value is -1.09. The Kier molecular flexibility index (Phi) is 5.42. The molecular formula is C12H15BN2O3S2. The third-order valence-electron chi connectivity index (χ3n) is 2.70. The number of methoxy groups -OCH3 is 1. The van der Waals surface area contributed by atoms with Crippen molar-refractivity contribution in [1.82, 2.24) is 9.36 Å². The summed E-state index contributed by atoms with van der Waals surface area (Å²) in [4.78, 5) is 4.38. The fraction of sp³-hybridized carbons (Fsp3) is 0.333. The monoisotopic (exact) mass is 310 g/mol. The molecule has 0 spiro atoms. The zero-order valence-corrected chi connectivity index (χ0v) is 12.9. The van der Waals surface area contributed by atoms with Gasteiger partial charge in [-0.3, -0.25) is 0 Å². The molecule has 8 heteroatoms. The van der Waals surface area contributed by atoms with Crippen molar-refractivity contribution in [3.63, 3.8) is 0 Å². The first-order valence-electron chi connectivity index (χ1n) is 6.12. The maximum absolute atomic E-state index is 9.33. The van der Waals surface area contributed by atoms with Crippen LogP contribution < -0.4 is 10.2 Å². The van der Waals surface area contributed by atoms with Gasteiger partial charge in [0, 0.05) is 17.6 Å². The first kappa shape index (κ1) is 15.3. The van der Waals surface area contributed by atoms with Crippen molar-refractivity contribution in [3.05, 3.63) is 29.6 Å². The Bertz CT molecular complexity index is 578. The van der Waals surface area contributed by atoms with Gasteiger partial charge in [-0.1, -0.05) is 30.8 Å². The minimum atomic E-state index is -1.54. The van der Waals surface area contributed by atoms with Crippen molar-refractivity contribution in [2.45, 2.75) is 23.4 Å². The fourth-order valence-electron chi connectivity index (χ4n) is 1.66. The minimum absolute atomic E-state index is 0.372. The number of rotatable bonds is 6. The molecule has 0 amide bonds. The number of thioether (sulfide) groups is 1. The van der Waals surface area contributed by atoms with E-state index < -0.39 is 7.12 Å². The van der Waals surface area contributed by atoms with E-state index in [-0.39, 0.29) is 0 Å². The van der Waals surface area contributed by atoms with Crippen molar-refractivity contribution >= 4 is 35.9 Å². The molecule has 2 N–H and O–H groups in total. The van der Waals surface area contributed by atoms with E-state index in [1.165, 1.54) is 18.6 Å². The Balaban J connectivity index is 2.07. The molecule has 0 saturated heterocycles. The summed E-state index contributed by atoms with van der Waals surface area (Å²) >= 11 is 2.97. The van der Waals surface area contributed by atoms with Crippen LogP contribution in [0, 0.1) is 0 Å². The molecule has 1 heterocycles. The zero-order valence-electron chi connectivity index (χ0n) is 11.2. The molecule has 0 fully saturated rings. The molecule has 0 atom stereocenters. The highest BCUT2D eigenvalue weighted by atomic mass is 32.2. The van der Waals surface area contributed by atoms with Gasteiger partial charge in [-0.25, -0.2) is 4.98 Å².